The molecule has 6 N–H and O–H groups in total. The lowest BCUT2D eigenvalue weighted by molar-refractivity contribution is -0.0529. The molecule has 1 aliphatic rings. The van der Waals surface area contributed by atoms with Crippen LogP contribution in [-0.4, -0.2) is 58.7 Å². The van der Waals surface area contributed by atoms with Crippen LogP contribution in [0.2, 0.25) is 0 Å². The maximum absolute atomic E-state index is 15.3. The van der Waals surface area contributed by atoms with E-state index in [0.29, 0.717) is 10.8 Å². The van der Waals surface area contributed by atoms with Crippen molar-refractivity contribution in [1.82, 2.24) is 9.55 Å². The van der Waals surface area contributed by atoms with Gasteiger partial charge in [-0.15, -0.1) is 6.42 Å². The number of phosphoric acid groups is 3. The number of aromatic amines is 1. The number of aromatic nitrogens is 2. The fourth-order valence-electron chi connectivity index (χ4n) is 2.42. The van der Waals surface area contributed by atoms with E-state index in [-0.39, 0.29) is 4.77 Å². The van der Waals surface area contributed by atoms with E-state index >= 15 is 4.39 Å². The van der Waals surface area contributed by atoms with E-state index in [1.165, 1.54) is 0 Å². The number of terminal acetylenes is 1. The quantitative estimate of drug-likeness (QED) is 0.151. The predicted molar refractivity (Wildman–Crippen MR) is 103 cm³/mol. The van der Waals surface area contributed by atoms with Gasteiger partial charge in [0.05, 0.1) is 6.61 Å². The smallest absolute Gasteiger partial charge is 0.386 e. The Morgan fingerprint density at radius 3 is 2.38 bits per heavy atom. The third-order valence-corrected chi connectivity index (χ3v) is 8.07. The van der Waals surface area contributed by atoms with E-state index < -0.39 is 64.6 Å². The van der Waals surface area contributed by atoms with Crippen molar-refractivity contribution in [2.75, 3.05) is 6.61 Å². The number of nitrogens with one attached hydrogen (secondary N) is 1. The molecule has 1 fully saturated rings. The molecule has 32 heavy (non-hydrogen) atoms. The third kappa shape index (κ3) is 6.44. The van der Waals surface area contributed by atoms with E-state index in [4.69, 9.17) is 38.1 Å². The van der Waals surface area contributed by atoms with E-state index in [0.717, 1.165) is 0 Å². The number of aliphatic hydroxyl groups excluding tert-OH is 1. The van der Waals surface area contributed by atoms with Gasteiger partial charge in [-0.2, -0.15) is 8.62 Å². The van der Waals surface area contributed by atoms with Crippen LogP contribution in [0.25, 0.3) is 0 Å². The van der Waals surface area contributed by atoms with E-state index in [9.17, 15) is 28.1 Å². The molecule has 0 bridgehead atoms. The lowest BCUT2D eigenvalue weighted by atomic mass is 9.97. The zero-order valence-electron chi connectivity index (χ0n) is 15.0. The summed E-state index contributed by atoms with van der Waals surface area (Å²) in [6.45, 7) is -1.21. The Labute approximate surface area is 187 Å². The second kappa shape index (κ2) is 9.49. The molecule has 0 radical (unpaired) electrons. The summed E-state index contributed by atoms with van der Waals surface area (Å²) in [5.74, 6) is 0.557. The predicted octanol–water partition coefficient (Wildman–Crippen LogP) is 1.36. The summed E-state index contributed by atoms with van der Waals surface area (Å²) < 4.78 is 79.1. The Balaban J connectivity index is 2.23. The van der Waals surface area contributed by atoms with E-state index in [2.05, 4.69) is 30.3 Å². The summed E-state index contributed by atoms with van der Waals surface area (Å²) in [4.78, 5) is 37.7. The normalized spacial score (nSPS) is 29.8. The van der Waals surface area contributed by atoms with Gasteiger partial charge in [-0.3, -0.25) is 9.09 Å². The lowest BCUT2D eigenvalue weighted by Gasteiger charge is -2.24. The number of alkyl halides is 1. The molecule has 0 aromatic carbocycles. The molecular weight excluding hydrogens is 547 g/mol. The van der Waals surface area contributed by atoms with Gasteiger partial charge in [-0.25, -0.2) is 22.5 Å². The van der Waals surface area contributed by atoms with E-state index in [1.807, 2.05) is 0 Å². The minimum absolute atomic E-state index is 0.362. The highest BCUT2D eigenvalue weighted by molar-refractivity contribution is 7.72. The summed E-state index contributed by atoms with van der Waals surface area (Å²) in [5, 5.41) is 10.2. The first-order valence-corrected chi connectivity index (χ1v) is 13.0. The molecule has 0 amide bonds. The molecule has 180 valence electrons. The summed E-state index contributed by atoms with van der Waals surface area (Å²) in [5.41, 5.74) is -3.08. The van der Waals surface area contributed by atoms with Gasteiger partial charge in [-0.05, 0) is 12.2 Å². The Bertz CT molecular complexity index is 1200. The van der Waals surface area contributed by atoms with Gasteiger partial charge in [0.1, 0.15) is 16.8 Å². The monoisotopic (exact) mass is 560 g/mol. The number of phosphoric ester groups is 1. The number of halogens is 2. The topological polar surface area (TPSA) is 210 Å². The maximum Gasteiger partial charge on any atom is 0.490 e. The van der Waals surface area contributed by atoms with Crippen molar-refractivity contribution in [3.05, 3.63) is 21.4 Å². The number of ether oxygens (including phenoxy) is 1. The zero-order chi connectivity index (χ0) is 24.7. The molecule has 6 atom stereocenters. The van der Waals surface area contributed by atoms with Crippen molar-refractivity contribution >= 4 is 47.9 Å². The molecular formula is C11H13F2N2O12P3S2. The van der Waals surface area contributed by atoms with Crippen LogP contribution < -0.4 is 0 Å². The highest BCUT2D eigenvalue weighted by Crippen LogP contribution is 2.66. The molecule has 1 aromatic rings. The molecule has 1 aliphatic heterocycles. The van der Waals surface area contributed by atoms with Crippen molar-refractivity contribution in [1.29, 1.82) is 0 Å². The molecule has 0 saturated carbocycles. The molecule has 1 aromatic heterocycles. The molecule has 21 heteroatoms. The number of hydrogen-bond donors (Lipinski definition) is 6. The van der Waals surface area contributed by atoms with E-state index in [1.54, 1.807) is 5.92 Å². The largest absolute Gasteiger partial charge is 0.490 e. The Morgan fingerprint density at radius 2 is 1.84 bits per heavy atom. The van der Waals surface area contributed by atoms with Crippen LogP contribution in [0, 0.1) is 27.6 Å². The first-order chi connectivity index (χ1) is 14.4. The van der Waals surface area contributed by atoms with Crippen molar-refractivity contribution in [2.45, 2.75) is 24.1 Å². The van der Waals surface area contributed by atoms with Gasteiger partial charge in [0.25, 0.3) is 0 Å². The van der Waals surface area contributed by atoms with Gasteiger partial charge >= 0.3 is 23.5 Å². The first-order valence-electron chi connectivity index (χ1n) is 7.70. The lowest BCUT2D eigenvalue weighted by Crippen LogP contribution is -2.42. The molecule has 14 nitrogen and oxygen atoms in total. The van der Waals surface area contributed by atoms with Crippen molar-refractivity contribution in [2.24, 2.45) is 0 Å². The first kappa shape index (κ1) is 27.5. The number of H-pyrrole nitrogens is 1. The SMILES string of the molecule is C#C[C@@]1(F)C(O)[C@@H](COP(=O)(O)OP(=O)(O)OP(=O)(O)O)O[C@H]1n1cc(F)c(=S)[nH]c1=S. The second-order valence-electron chi connectivity index (χ2n) is 5.91. The third-order valence-electron chi connectivity index (χ3n) is 3.66. The van der Waals surface area contributed by atoms with Gasteiger partial charge in [-0.1, -0.05) is 18.1 Å². The molecule has 2 heterocycles. The summed E-state index contributed by atoms with van der Waals surface area (Å²) >= 11 is 9.53. The van der Waals surface area contributed by atoms with Crippen LogP contribution in [0.3, 0.4) is 0 Å². The average molecular weight is 560 g/mol. The van der Waals surface area contributed by atoms with Crippen molar-refractivity contribution in [3.8, 4) is 12.3 Å². The van der Waals surface area contributed by atoms with Crippen LogP contribution in [-0.2, 0) is 31.6 Å². The molecule has 2 rings (SSSR count). The highest BCUT2D eigenvalue weighted by atomic mass is 32.1. The second-order valence-corrected chi connectivity index (χ2v) is 11.1. The van der Waals surface area contributed by atoms with Gasteiger partial charge in [0, 0.05) is 6.20 Å². The maximum atomic E-state index is 15.3. The van der Waals surface area contributed by atoms with Crippen LogP contribution in [0.4, 0.5) is 8.78 Å². The number of hydrogen-bond acceptors (Lipinski definition) is 10. The van der Waals surface area contributed by atoms with Crippen LogP contribution in [0.15, 0.2) is 6.20 Å². The van der Waals surface area contributed by atoms with Gasteiger partial charge < -0.3 is 34.4 Å². The molecule has 0 aliphatic carbocycles. The molecule has 3 unspecified atom stereocenters. The minimum atomic E-state index is -5.80. The minimum Gasteiger partial charge on any atom is -0.386 e. The van der Waals surface area contributed by atoms with Crippen molar-refractivity contribution in [3.63, 3.8) is 0 Å². The average Bonchev–Trinajstić information content (AvgIpc) is 2.85. The Hall–Kier alpha value is -0.730. The number of nitrogens with zero attached hydrogens (tertiary/aromatic N) is 1. The van der Waals surface area contributed by atoms with Crippen LogP contribution in [0.1, 0.15) is 6.23 Å². The van der Waals surface area contributed by atoms with Gasteiger partial charge in [0.15, 0.2) is 16.8 Å². The zero-order valence-corrected chi connectivity index (χ0v) is 19.4. The number of aliphatic hydroxyl groups is 1. The number of rotatable bonds is 8. The summed E-state index contributed by atoms with van der Waals surface area (Å²) in [6, 6.07) is 0. The van der Waals surface area contributed by atoms with Crippen LogP contribution in [0.5, 0.6) is 0 Å². The Morgan fingerprint density at radius 1 is 1.25 bits per heavy atom. The fraction of sp³-hybridized carbons (Fsp3) is 0.455. The van der Waals surface area contributed by atoms with Crippen LogP contribution >= 0.6 is 47.9 Å². The molecule has 0 spiro atoms. The summed E-state index contributed by atoms with van der Waals surface area (Å²) in [6.07, 6.45) is -0.337. The summed E-state index contributed by atoms with van der Waals surface area (Å²) in [7, 11) is -17.0. The standard InChI is InChI=1S/C11H13F2N2O12P3S2/c1-2-11(13)7(16)6(25-9(11)15-3-5(12)8(31)14-10(15)32)4-24-29(20,21)27-30(22,23)26-28(17,18)19/h1,3,6-7,9,16H,4H2,(H,20,21)(H,22,23)(H,14,31,32)(H2,17,18,19)/t6-,7?,9-,11-/m1/s1. The van der Waals surface area contributed by atoms with Crippen molar-refractivity contribution < 1.29 is 65.0 Å². The fourth-order valence-corrected chi connectivity index (χ4v) is 5.91. The Kier molecular flexibility index (Phi) is 8.16. The van der Waals surface area contributed by atoms with Gasteiger partial charge in [0.2, 0.25) is 5.67 Å². The molecule has 1 saturated heterocycles. The highest BCUT2D eigenvalue weighted by Gasteiger charge is 2.58.